The minimum atomic E-state index is -1.11. The number of rotatable bonds is 7. The van der Waals surface area contributed by atoms with Crippen LogP contribution in [-0.4, -0.2) is 30.9 Å². The number of ketones is 1. The number of benzene rings is 2. The van der Waals surface area contributed by atoms with E-state index >= 15 is 0 Å². The molecule has 0 unspecified atom stereocenters. The van der Waals surface area contributed by atoms with E-state index in [4.69, 9.17) is 38.4 Å². The Kier molecular flexibility index (Phi) is 8.54. The van der Waals surface area contributed by atoms with Crippen molar-refractivity contribution in [2.75, 3.05) is 18.1 Å². The Balaban J connectivity index is 1.82. The molecule has 1 aliphatic heterocycles. The molecule has 3 aromatic rings. The summed E-state index contributed by atoms with van der Waals surface area (Å²) < 4.78 is 10.9. The number of nitrogens with zero attached hydrogens (tertiary/aromatic N) is 1. The Morgan fingerprint density at radius 1 is 1.00 bits per heavy atom. The van der Waals surface area contributed by atoms with Gasteiger partial charge in [-0.25, -0.2) is 4.79 Å². The maximum Gasteiger partial charge on any atom is 0.338 e. The number of ether oxygens (including phenoxy) is 2. The monoisotopic (exact) mass is 610 g/mol. The number of allylic oxidation sites excluding steroid dienone is 2. The highest BCUT2D eigenvalue weighted by Gasteiger charge is 2.51. The van der Waals surface area contributed by atoms with Gasteiger partial charge in [0.25, 0.3) is 0 Å². The summed E-state index contributed by atoms with van der Waals surface area (Å²) in [6, 6.07) is 17.7. The zero-order chi connectivity index (χ0) is 29.3. The fraction of sp³-hybridized carbons (Fsp3) is 0.258. The second kappa shape index (κ2) is 12.1. The van der Waals surface area contributed by atoms with Crippen LogP contribution in [0.15, 0.2) is 88.7 Å². The van der Waals surface area contributed by atoms with Crippen LogP contribution in [0.4, 0.5) is 5.69 Å². The highest BCUT2D eigenvalue weighted by atomic mass is 35.5. The zero-order valence-corrected chi connectivity index (χ0v) is 24.8. The maximum atomic E-state index is 14.7. The van der Waals surface area contributed by atoms with Gasteiger partial charge in [-0.15, -0.1) is 11.3 Å². The summed E-state index contributed by atoms with van der Waals surface area (Å²) in [6.07, 6.45) is 0.293. The molecule has 0 fully saturated rings. The number of Topliss-reactive ketones (excluding diaryl/α,β-unsaturated/α-hetero) is 1. The number of carbonyl (C=O) groups excluding carboxylic acids is 3. The molecule has 0 saturated heterocycles. The van der Waals surface area contributed by atoms with Gasteiger partial charge < -0.3 is 15.2 Å². The average Bonchev–Trinajstić information content (AvgIpc) is 3.48. The van der Waals surface area contributed by atoms with Crippen LogP contribution in [0, 0.1) is 5.92 Å². The van der Waals surface area contributed by atoms with Crippen LogP contribution in [0.1, 0.15) is 42.5 Å². The molecule has 41 heavy (non-hydrogen) atoms. The molecular weight excluding hydrogens is 583 g/mol. The number of halogens is 2. The van der Waals surface area contributed by atoms with Crippen molar-refractivity contribution in [2.24, 2.45) is 11.7 Å². The van der Waals surface area contributed by atoms with Gasteiger partial charge in [-0.05, 0) is 73.7 Å². The Morgan fingerprint density at radius 2 is 1.73 bits per heavy atom. The predicted octanol–water partition coefficient (Wildman–Crippen LogP) is 6.58. The summed E-state index contributed by atoms with van der Waals surface area (Å²) in [5.74, 6) is -4.09. The van der Waals surface area contributed by atoms with Gasteiger partial charge in [-0.3, -0.25) is 14.5 Å². The molecule has 2 N–H and O–H groups in total. The SMILES string of the molecule is CCOC(=O)C1=C(N)N(c2ccc(Cl)cc2)C2=C(C(=O)[C@H](C(=O)OCC)[C@@H](c3cccs3)C2)[C@@H]1c1cccc(Cl)c1. The molecule has 0 spiro atoms. The van der Waals surface area contributed by atoms with Gasteiger partial charge >= 0.3 is 11.9 Å². The highest BCUT2D eigenvalue weighted by Crippen LogP contribution is 2.52. The molecule has 5 rings (SSSR count). The lowest BCUT2D eigenvalue weighted by atomic mass is 9.68. The van der Waals surface area contributed by atoms with E-state index < -0.39 is 35.5 Å². The smallest absolute Gasteiger partial charge is 0.338 e. The van der Waals surface area contributed by atoms with E-state index in [1.807, 2.05) is 17.5 Å². The van der Waals surface area contributed by atoms with Crippen molar-refractivity contribution in [2.45, 2.75) is 32.1 Å². The number of hydrogen-bond acceptors (Lipinski definition) is 8. The van der Waals surface area contributed by atoms with Crippen LogP contribution in [0.25, 0.3) is 0 Å². The molecule has 1 aliphatic carbocycles. The Bertz CT molecular complexity index is 1550. The molecule has 2 heterocycles. The molecule has 1 aromatic heterocycles. The largest absolute Gasteiger partial charge is 0.465 e. The van der Waals surface area contributed by atoms with Crippen LogP contribution >= 0.6 is 34.5 Å². The van der Waals surface area contributed by atoms with Gasteiger partial charge in [0.05, 0.1) is 24.7 Å². The lowest BCUT2D eigenvalue weighted by Crippen LogP contribution is -2.46. The highest BCUT2D eigenvalue weighted by molar-refractivity contribution is 7.10. The number of nitrogens with two attached hydrogens (primary N) is 1. The van der Waals surface area contributed by atoms with Gasteiger partial charge in [0.15, 0.2) is 5.78 Å². The third-order valence-corrected chi connectivity index (χ3v) is 8.74. The molecule has 2 aliphatic rings. The van der Waals surface area contributed by atoms with Crippen LogP contribution < -0.4 is 10.6 Å². The molecule has 212 valence electrons. The van der Waals surface area contributed by atoms with E-state index in [1.165, 1.54) is 11.3 Å². The zero-order valence-electron chi connectivity index (χ0n) is 22.4. The van der Waals surface area contributed by atoms with Crippen LogP contribution in [-0.2, 0) is 23.9 Å². The summed E-state index contributed by atoms with van der Waals surface area (Å²) >= 11 is 14.1. The van der Waals surface area contributed by atoms with Crippen molar-refractivity contribution >= 4 is 57.9 Å². The van der Waals surface area contributed by atoms with Gasteiger partial charge in [0.2, 0.25) is 0 Å². The van der Waals surface area contributed by atoms with Crippen molar-refractivity contribution in [3.8, 4) is 0 Å². The van der Waals surface area contributed by atoms with Gasteiger partial charge in [-0.2, -0.15) is 0 Å². The minimum Gasteiger partial charge on any atom is -0.465 e. The molecule has 3 atom stereocenters. The fourth-order valence-electron chi connectivity index (χ4n) is 5.61. The first-order valence-electron chi connectivity index (χ1n) is 13.2. The normalized spacial score (nSPS) is 20.6. The van der Waals surface area contributed by atoms with Gasteiger partial charge in [0, 0.05) is 37.8 Å². The van der Waals surface area contributed by atoms with Gasteiger partial charge in [-0.1, -0.05) is 41.4 Å². The number of anilines is 1. The summed E-state index contributed by atoms with van der Waals surface area (Å²) in [5, 5.41) is 2.85. The number of hydrogen-bond donors (Lipinski definition) is 1. The number of esters is 2. The quantitative estimate of drug-likeness (QED) is 0.238. The van der Waals surface area contributed by atoms with Crippen LogP contribution in [0.5, 0.6) is 0 Å². The van der Waals surface area contributed by atoms with Crippen molar-refractivity contribution in [1.29, 1.82) is 0 Å². The summed E-state index contributed by atoms with van der Waals surface area (Å²) in [7, 11) is 0. The van der Waals surface area contributed by atoms with Gasteiger partial charge in [0.1, 0.15) is 11.7 Å². The molecule has 2 aromatic carbocycles. The second-order valence-electron chi connectivity index (χ2n) is 9.60. The predicted molar refractivity (Wildman–Crippen MR) is 160 cm³/mol. The van der Waals surface area contributed by atoms with E-state index in [2.05, 4.69) is 0 Å². The topological polar surface area (TPSA) is 98.9 Å². The molecule has 10 heteroatoms. The third kappa shape index (κ3) is 5.39. The Labute approximate surface area is 252 Å². The summed E-state index contributed by atoms with van der Waals surface area (Å²) in [5.41, 5.74) is 9.01. The van der Waals surface area contributed by atoms with Crippen LogP contribution in [0.3, 0.4) is 0 Å². The Hall–Kier alpha value is -3.59. The average molecular weight is 612 g/mol. The Morgan fingerprint density at radius 3 is 2.37 bits per heavy atom. The molecule has 0 bridgehead atoms. The molecule has 7 nitrogen and oxygen atoms in total. The minimum absolute atomic E-state index is 0.0911. The third-order valence-electron chi connectivity index (χ3n) is 7.25. The lowest BCUT2D eigenvalue weighted by Gasteiger charge is -2.43. The summed E-state index contributed by atoms with van der Waals surface area (Å²) in [6.45, 7) is 3.63. The van der Waals surface area contributed by atoms with E-state index in [9.17, 15) is 14.4 Å². The first-order chi connectivity index (χ1) is 19.8. The van der Waals surface area contributed by atoms with Crippen molar-refractivity contribution in [1.82, 2.24) is 0 Å². The number of thiophene rings is 1. The van der Waals surface area contributed by atoms with Crippen LogP contribution in [0.2, 0.25) is 10.0 Å². The molecular formula is C31H28Cl2N2O5S. The van der Waals surface area contributed by atoms with Crippen molar-refractivity contribution < 1.29 is 23.9 Å². The maximum absolute atomic E-state index is 14.7. The molecule has 0 saturated carbocycles. The first-order valence-corrected chi connectivity index (χ1v) is 14.9. The second-order valence-corrected chi connectivity index (χ2v) is 11.5. The van der Waals surface area contributed by atoms with Crippen molar-refractivity contribution in [3.05, 3.63) is 109 Å². The molecule has 0 amide bonds. The van der Waals surface area contributed by atoms with E-state index in [0.29, 0.717) is 33.4 Å². The van der Waals surface area contributed by atoms with E-state index in [-0.39, 0.29) is 30.2 Å². The number of carbonyl (C=O) groups is 3. The van der Waals surface area contributed by atoms with E-state index in [1.54, 1.807) is 67.3 Å². The molecule has 0 radical (unpaired) electrons. The van der Waals surface area contributed by atoms with E-state index in [0.717, 1.165) is 4.88 Å². The first kappa shape index (κ1) is 28.9. The summed E-state index contributed by atoms with van der Waals surface area (Å²) in [4.78, 5) is 44.3. The lowest BCUT2D eigenvalue weighted by molar-refractivity contribution is -0.152. The van der Waals surface area contributed by atoms with Crippen molar-refractivity contribution in [3.63, 3.8) is 0 Å². The standard InChI is InChI=1S/C31H28Cl2N2O5S/c1-3-39-30(37)25-21(23-9-6-14-41-23)16-22-26(28(25)36)24(17-7-5-8-19(33)15-17)27(31(38)40-4-2)29(34)35(22)20-12-10-18(32)11-13-20/h5-15,21,24-25H,3-4,16,34H2,1-2H3/t21-,24+,25-/m1/s1. The fourth-order valence-corrected chi connectivity index (χ4v) is 6.80.